The molecule has 2 rings (SSSR count). The van der Waals surface area contributed by atoms with Gasteiger partial charge in [-0.3, -0.25) is 0 Å². The number of rotatable bonds is 2. The van der Waals surface area contributed by atoms with Crippen LogP contribution in [-0.2, 0) is 18.2 Å². The first kappa shape index (κ1) is 10.7. The highest BCUT2D eigenvalue weighted by atomic mass is 16.5. The Hall–Kier alpha value is -1.84. The van der Waals surface area contributed by atoms with Crippen molar-refractivity contribution in [2.24, 2.45) is 7.05 Å². The zero-order valence-electron chi connectivity index (χ0n) is 9.70. The average Bonchev–Trinajstić information content (AvgIpc) is 2.62. The number of hydrogen-bond donors (Lipinski definition) is 1. The third-order valence-electron chi connectivity index (χ3n) is 2.78. The summed E-state index contributed by atoms with van der Waals surface area (Å²) in [5.41, 5.74) is 2.76. The summed E-state index contributed by atoms with van der Waals surface area (Å²) in [4.78, 5) is 11.4. The highest BCUT2D eigenvalue weighted by molar-refractivity contribution is 5.94. The number of aryl methyl sites for hydroxylation is 2. The van der Waals surface area contributed by atoms with Crippen molar-refractivity contribution >= 4 is 16.9 Å². The standard InChI is InChI=1S/C12H14N2O2/c1-4-11-9-6-5-8(12(15)16-3)7-10(9)13-14(11)2/h5-7H,4H2,1-3H3/p+1. The second-order valence-corrected chi connectivity index (χ2v) is 3.72. The Balaban J connectivity index is 2.60. The zero-order valence-corrected chi connectivity index (χ0v) is 9.70. The Morgan fingerprint density at radius 3 is 2.88 bits per heavy atom. The van der Waals surface area contributed by atoms with E-state index in [1.807, 2.05) is 23.9 Å². The molecule has 0 spiro atoms. The number of H-pyrrole nitrogens is 1. The second-order valence-electron chi connectivity index (χ2n) is 3.72. The molecule has 4 nitrogen and oxygen atoms in total. The molecule has 0 aliphatic rings. The molecule has 0 atom stereocenters. The third-order valence-corrected chi connectivity index (χ3v) is 2.78. The lowest BCUT2D eigenvalue weighted by atomic mass is 10.1. The SMILES string of the molecule is CCc1c2ccc(C(=O)OC)cc2[nH][n+]1C. The lowest BCUT2D eigenvalue weighted by molar-refractivity contribution is -0.731. The van der Waals surface area contributed by atoms with E-state index in [1.54, 1.807) is 6.07 Å². The summed E-state index contributed by atoms with van der Waals surface area (Å²) in [6.07, 6.45) is 0.952. The molecule has 1 aromatic carbocycles. The van der Waals surface area contributed by atoms with Gasteiger partial charge in [-0.05, 0) is 18.2 Å². The van der Waals surface area contributed by atoms with Crippen LogP contribution >= 0.6 is 0 Å². The van der Waals surface area contributed by atoms with Gasteiger partial charge in [0.2, 0.25) is 5.69 Å². The summed E-state index contributed by atoms with van der Waals surface area (Å²) < 4.78 is 6.67. The summed E-state index contributed by atoms with van der Waals surface area (Å²) >= 11 is 0. The van der Waals surface area contributed by atoms with E-state index < -0.39 is 0 Å². The van der Waals surface area contributed by atoms with Crippen molar-refractivity contribution in [3.05, 3.63) is 29.5 Å². The molecule has 0 unspecified atom stereocenters. The molecular formula is C12H15N2O2+. The maximum absolute atomic E-state index is 11.4. The summed E-state index contributed by atoms with van der Waals surface area (Å²) in [5, 5.41) is 4.36. The Morgan fingerprint density at radius 2 is 2.25 bits per heavy atom. The molecule has 0 fully saturated rings. The van der Waals surface area contributed by atoms with Crippen molar-refractivity contribution in [3.8, 4) is 0 Å². The summed E-state index contributed by atoms with van der Waals surface area (Å²) in [6.45, 7) is 2.11. The topological polar surface area (TPSA) is 46.0 Å². The van der Waals surface area contributed by atoms with Crippen LogP contribution in [0.2, 0.25) is 0 Å². The summed E-state index contributed by atoms with van der Waals surface area (Å²) in [6, 6.07) is 5.57. The monoisotopic (exact) mass is 219 g/mol. The molecule has 84 valence electrons. The fourth-order valence-corrected chi connectivity index (χ4v) is 1.99. The predicted octanol–water partition coefficient (Wildman–Crippen LogP) is 1.34. The molecule has 1 aromatic heterocycles. The van der Waals surface area contributed by atoms with Gasteiger partial charge < -0.3 is 4.74 Å². The number of benzene rings is 1. The molecular weight excluding hydrogens is 204 g/mol. The van der Waals surface area contributed by atoms with Crippen LogP contribution in [0.25, 0.3) is 10.9 Å². The van der Waals surface area contributed by atoms with Crippen molar-refractivity contribution in [2.75, 3.05) is 7.11 Å². The van der Waals surface area contributed by atoms with Crippen LogP contribution in [0.4, 0.5) is 0 Å². The van der Waals surface area contributed by atoms with Crippen molar-refractivity contribution in [3.63, 3.8) is 0 Å². The van der Waals surface area contributed by atoms with Crippen LogP contribution in [-0.4, -0.2) is 18.2 Å². The van der Waals surface area contributed by atoms with Crippen LogP contribution in [0, 0.1) is 0 Å². The first-order valence-electron chi connectivity index (χ1n) is 5.26. The molecule has 2 aromatic rings. The Bertz CT molecular complexity index is 543. The Labute approximate surface area is 93.8 Å². The minimum Gasteiger partial charge on any atom is -0.465 e. The van der Waals surface area contributed by atoms with Gasteiger partial charge in [0, 0.05) is 6.42 Å². The van der Waals surface area contributed by atoms with Crippen molar-refractivity contribution in [1.29, 1.82) is 0 Å². The van der Waals surface area contributed by atoms with Gasteiger partial charge in [0.1, 0.15) is 5.52 Å². The molecule has 0 radical (unpaired) electrons. The van der Waals surface area contributed by atoms with Crippen LogP contribution in [0.3, 0.4) is 0 Å². The number of nitrogens with one attached hydrogen (secondary N) is 1. The van der Waals surface area contributed by atoms with Gasteiger partial charge in [0.25, 0.3) is 0 Å². The molecule has 0 amide bonds. The highest BCUT2D eigenvalue weighted by Crippen LogP contribution is 2.17. The minimum atomic E-state index is -0.308. The van der Waals surface area contributed by atoms with Gasteiger partial charge in [0.15, 0.2) is 7.05 Å². The molecule has 0 aliphatic heterocycles. The van der Waals surface area contributed by atoms with Gasteiger partial charge in [-0.25, -0.2) is 4.79 Å². The number of ether oxygens (including phenoxy) is 1. The molecule has 0 saturated carbocycles. The van der Waals surface area contributed by atoms with E-state index >= 15 is 0 Å². The average molecular weight is 219 g/mol. The van der Waals surface area contributed by atoms with Gasteiger partial charge in [-0.2, -0.15) is 5.10 Å². The predicted molar refractivity (Wildman–Crippen MR) is 60.2 cm³/mol. The van der Waals surface area contributed by atoms with Crippen molar-refractivity contribution in [1.82, 2.24) is 5.10 Å². The van der Waals surface area contributed by atoms with Crippen molar-refractivity contribution < 1.29 is 14.2 Å². The lowest BCUT2D eigenvalue weighted by Crippen LogP contribution is -2.33. The number of aromatic nitrogens is 2. The van der Waals surface area contributed by atoms with E-state index in [9.17, 15) is 4.79 Å². The van der Waals surface area contributed by atoms with Crippen LogP contribution in [0.15, 0.2) is 18.2 Å². The first-order valence-corrected chi connectivity index (χ1v) is 5.26. The maximum atomic E-state index is 11.4. The Kier molecular flexibility index (Phi) is 2.64. The van der Waals surface area contributed by atoms with Crippen LogP contribution in [0.5, 0.6) is 0 Å². The smallest absolute Gasteiger partial charge is 0.337 e. The Morgan fingerprint density at radius 1 is 1.50 bits per heavy atom. The number of carbonyl (C=O) groups excluding carboxylic acids is 1. The minimum absolute atomic E-state index is 0.308. The lowest BCUT2D eigenvalue weighted by Gasteiger charge is -1.97. The molecule has 0 bridgehead atoms. The van der Waals surface area contributed by atoms with Gasteiger partial charge >= 0.3 is 5.97 Å². The molecule has 0 saturated heterocycles. The number of nitrogens with zero attached hydrogens (tertiary/aromatic N) is 1. The van der Waals surface area contributed by atoms with E-state index in [0.29, 0.717) is 5.56 Å². The van der Waals surface area contributed by atoms with Gasteiger partial charge in [0.05, 0.1) is 18.1 Å². The number of esters is 1. The number of carbonyl (C=O) groups is 1. The number of methoxy groups -OCH3 is 1. The molecule has 0 aliphatic carbocycles. The molecule has 4 heteroatoms. The fraction of sp³-hybridized carbons (Fsp3) is 0.333. The molecule has 1 N–H and O–H groups in total. The highest BCUT2D eigenvalue weighted by Gasteiger charge is 2.16. The number of fused-ring (bicyclic) bond motifs is 1. The molecule has 1 heterocycles. The van der Waals surface area contributed by atoms with Crippen LogP contribution in [0.1, 0.15) is 23.0 Å². The van der Waals surface area contributed by atoms with E-state index in [-0.39, 0.29) is 5.97 Å². The van der Waals surface area contributed by atoms with Crippen LogP contribution < -0.4 is 4.68 Å². The summed E-state index contributed by atoms with van der Waals surface area (Å²) in [5.74, 6) is -0.308. The fourth-order valence-electron chi connectivity index (χ4n) is 1.99. The van der Waals surface area contributed by atoms with E-state index in [4.69, 9.17) is 0 Å². The zero-order chi connectivity index (χ0) is 11.7. The van der Waals surface area contributed by atoms with Gasteiger partial charge in [-0.15, -0.1) is 4.68 Å². The second kappa shape index (κ2) is 3.96. The number of hydrogen-bond acceptors (Lipinski definition) is 2. The third kappa shape index (κ3) is 1.56. The van der Waals surface area contributed by atoms with Crippen molar-refractivity contribution in [2.45, 2.75) is 13.3 Å². The van der Waals surface area contributed by atoms with E-state index in [0.717, 1.165) is 17.3 Å². The van der Waals surface area contributed by atoms with E-state index in [2.05, 4.69) is 16.8 Å². The van der Waals surface area contributed by atoms with Gasteiger partial charge in [-0.1, -0.05) is 6.92 Å². The number of aromatic amines is 1. The first-order chi connectivity index (χ1) is 7.67. The van der Waals surface area contributed by atoms with E-state index in [1.165, 1.54) is 12.8 Å². The normalized spacial score (nSPS) is 10.7. The maximum Gasteiger partial charge on any atom is 0.337 e. The quantitative estimate of drug-likeness (QED) is 0.612. The molecule has 16 heavy (non-hydrogen) atoms. The largest absolute Gasteiger partial charge is 0.465 e. The summed E-state index contributed by atoms with van der Waals surface area (Å²) in [7, 11) is 3.36.